The van der Waals surface area contributed by atoms with E-state index in [2.05, 4.69) is 394 Å². The van der Waals surface area contributed by atoms with Crippen molar-refractivity contribution in [1.82, 2.24) is 0 Å². The molecule has 4 N–H and O–H groups in total. The van der Waals surface area contributed by atoms with Gasteiger partial charge in [0.15, 0.2) is 0 Å². The molecule has 0 atom stereocenters. The van der Waals surface area contributed by atoms with E-state index < -0.39 is 14.2 Å². The minimum Gasteiger partial charge on any atom is -0.423 e. The summed E-state index contributed by atoms with van der Waals surface area (Å²) in [6.07, 6.45) is 0. The zero-order valence-corrected chi connectivity index (χ0v) is 69.3. The highest BCUT2D eigenvalue weighted by Crippen LogP contribution is 2.39. The van der Waals surface area contributed by atoms with Gasteiger partial charge in [-0.1, -0.05) is 394 Å². The Balaban J connectivity index is 0.000000109. The first-order valence-corrected chi connectivity index (χ1v) is 42.0. The molecule has 4 nitrogen and oxygen atoms in total. The Morgan fingerprint density at radius 1 is 0.151 bits per heavy atom. The van der Waals surface area contributed by atoms with Gasteiger partial charge in [0.2, 0.25) is 0 Å². The first-order chi connectivity index (χ1) is 58.3. The van der Waals surface area contributed by atoms with E-state index in [9.17, 15) is 10.0 Å². The predicted molar refractivity (Wildman–Crippen MR) is 520 cm³/mol. The van der Waals surface area contributed by atoms with Crippen LogP contribution in [0, 0.1) is 0 Å². The molecule has 0 aliphatic carbocycles. The number of hydrogen-bond donors (Lipinski definition) is 4. The molecule has 0 aliphatic heterocycles. The predicted octanol–water partition coefficient (Wildman–Crippen LogP) is 28.8. The summed E-state index contributed by atoms with van der Waals surface area (Å²) in [5.41, 5.74) is 15.6. The summed E-state index contributed by atoms with van der Waals surface area (Å²) in [6, 6.07) is 151. The lowest BCUT2D eigenvalue weighted by Gasteiger charge is -2.11. The quantitative estimate of drug-likeness (QED) is 0.0903. The van der Waals surface area contributed by atoms with Gasteiger partial charge in [-0.25, -0.2) is 0 Å². The summed E-state index contributed by atoms with van der Waals surface area (Å²) in [5.74, 6) is 0. The normalized spacial score (nSPS) is 11.2. The van der Waals surface area contributed by atoms with Crippen LogP contribution < -0.4 is 10.9 Å². The van der Waals surface area contributed by atoms with Gasteiger partial charge in [-0.15, -0.1) is 0 Å². The molecule has 0 aliphatic rings. The molecule has 22 aromatic rings. The average Bonchev–Trinajstić information content (AvgIpc) is 0.773. The topological polar surface area (TPSA) is 80.9 Å². The van der Waals surface area contributed by atoms with E-state index >= 15 is 0 Å². The lowest BCUT2D eigenvalue weighted by molar-refractivity contribution is 0.424. The maximum Gasteiger partial charge on any atom is 0.489 e. The van der Waals surface area contributed by atoms with Gasteiger partial charge in [0.25, 0.3) is 0 Å². The Morgan fingerprint density at radius 2 is 0.412 bits per heavy atom. The summed E-state index contributed by atoms with van der Waals surface area (Å²) >= 11 is 10.6. The minimum atomic E-state index is -1.43. The highest BCUT2D eigenvalue weighted by atomic mass is 79.9. The van der Waals surface area contributed by atoms with Crippen molar-refractivity contribution < 1.29 is 20.1 Å². The number of benzene rings is 22. The minimum absolute atomic E-state index is 0.505. The van der Waals surface area contributed by atoms with Gasteiger partial charge >= 0.3 is 14.2 Å². The molecule has 0 aromatic heterocycles. The lowest BCUT2D eigenvalue weighted by Crippen LogP contribution is -2.30. The molecule has 119 heavy (non-hydrogen) atoms. The maximum atomic E-state index is 9.22. The van der Waals surface area contributed by atoms with Crippen LogP contribution in [-0.2, 0) is 0 Å². The van der Waals surface area contributed by atoms with Crippen LogP contribution in [0.4, 0.5) is 0 Å². The second kappa shape index (κ2) is 34.7. The van der Waals surface area contributed by atoms with Crippen LogP contribution in [0.3, 0.4) is 0 Å². The van der Waals surface area contributed by atoms with Gasteiger partial charge < -0.3 is 20.1 Å². The number of fused-ring (bicyclic) bond motifs is 14. The van der Waals surface area contributed by atoms with Gasteiger partial charge in [0, 0.05) is 13.4 Å². The molecule has 0 amide bonds. The molecule has 0 unspecified atom stereocenters. The van der Waals surface area contributed by atoms with Crippen molar-refractivity contribution in [2.45, 2.75) is 0 Å². The van der Waals surface area contributed by atoms with Crippen molar-refractivity contribution in [3.63, 3.8) is 0 Å². The molecule has 0 saturated heterocycles. The molecule has 566 valence electrons. The zero-order chi connectivity index (χ0) is 80.9. The summed E-state index contributed by atoms with van der Waals surface area (Å²) < 4.78 is 3.36. The van der Waals surface area contributed by atoms with Crippen LogP contribution in [-0.4, -0.2) is 34.3 Å². The fraction of sp³-hybridized carbons (Fsp3) is 0. The second-order valence-corrected chi connectivity index (χ2v) is 32.7. The van der Waals surface area contributed by atoms with Crippen molar-refractivity contribution >= 4 is 191 Å². The van der Waals surface area contributed by atoms with Gasteiger partial charge in [-0.05, 0) is 281 Å². The summed E-state index contributed by atoms with van der Waals surface area (Å²) in [5, 5.41) is 63.9. The van der Waals surface area contributed by atoms with Crippen LogP contribution >= 0.6 is 47.8 Å². The Bertz CT molecular complexity index is 7520. The smallest absolute Gasteiger partial charge is 0.423 e. The molecular weight excluding hydrogens is 1650 g/mol. The first-order valence-electron chi connectivity index (χ1n) is 39.6. The van der Waals surface area contributed by atoms with Crippen LogP contribution in [0.2, 0.25) is 0 Å². The van der Waals surface area contributed by atoms with Crippen molar-refractivity contribution in [3.05, 3.63) is 444 Å². The summed E-state index contributed by atoms with van der Waals surface area (Å²) in [7, 11) is -2.83. The Kier molecular flexibility index (Phi) is 22.6. The Hall–Kier alpha value is -12.9. The third kappa shape index (κ3) is 17.0. The molecule has 22 rings (SSSR count). The fourth-order valence-corrected chi connectivity index (χ4v) is 17.5. The van der Waals surface area contributed by atoms with E-state index in [1.807, 2.05) is 66.7 Å². The van der Waals surface area contributed by atoms with Crippen LogP contribution in [0.5, 0.6) is 0 Å². The number of hydrogen-bond acceptors (Lipinski definition) is 4. The standard InChI is InChI=1S/C40H26.C30H19Br.C16H13BO2.C14H8Br2.C10H9BO2/c1-2-9-29-23-32(16-15-27(29)7-1)30-11-5-12-31(24-30)33-19-21-39-34(25-33)17-18-35-26-36(20-22-40(35)39)38-14-6-10-28-8-3-4-13-37(28)38;31-28-13-15-30-27(19-28)11-10-26-18-25(12-14-29(26)30)23-7-3-6-22(17-23)24-9-8-20-4-1-2-5-21(20)16-24;18-17(19)16-7-3-6-14(11-16)15-9-8-12-4-1-2-5-13(12)10-15;15-11-3-5-13-9(7-11)1-2-10-8-12(16)4-6-14(10)13;12-11(13)10-7-3-5-8-4-1-2-6-9(8)10/h1-26H;1-19H;1-11,18-19H;1-8H;1-7,12-13H. The third-order valence-corrected chi connectivity index (χ3v) is 23.9. The molecule has 0 fully saturated rings. The van der Waals surface area contributed by atoms with Gasteiger partial charge in [0.05, 0.1) is 0 Å². The third-order valence-electron chi connectivity index (χ3n) is 22.4. The Labute approximate surface area is 716 Å². The van der Waals surface area contributed by atoms with E-state index in [0.29, 0.717) is 10.9 Å². The van der Waals surface area contributed by atoms with Crippen molar-refractivity contribution in [3.8, 4) is 66.8 Å². The van der Waals surface area contributed by atoms with Crippen LogP contribution in [0.1, 0.15) is 0 Å². The molecule has 0 spiro atoms. The highest BCUT2D eigenvalue weighted by molar-refractivity contribution is 9.11. The molecule has 22 aromatic carbocycles. The van der Waals surface area contributed by atoms with Crippen molar-refractivity contribution in [2.24, 2.45) is 0 Å². The SMILES string of the molecule is Brc1ccc2c(ccc3cc(-c4cccc(-c5ccc6ccccc6c5)c4)ccc32)c1.Brc1ccc2c(ccc3cc(Br)ccc32)c1.OB(O)c1cccc(-c2ccc3ccccc3c2)c1.OB(O)c1cccc2ccccc12.c1cc(-c2ccc3ccccc3c2)cc(-c2ccc3c(ccc4cc(-c5cccc6ccccc56)ccc43)c2)c1. The first kappa shape index (κ1) is 77.3. The van der Waals surface area contributed by atoms with E-state index in [4.69, 9.17) is 10.0 Å². The molecule has 9 heteroatoms. The Morgan fingerprint density at radius 3 is 0.807 bits per heavy atom. The average molecular weight is 1720 g/mol. The zero-order valence-electron chi connectivity index (χ0n) is 64.6. The largest absolute Gasteiger partial charge is 0.489 e. The molecule has 0 heterocycles. The van der Waals surface area contributed by atoms with Gasteiger partial charge in [-0.3, -0.25) is 0 Å². The van der Waals surface area contributed by atoms with Crippen molar-refractivity contribution in [1.29, 1.82) is 0 Å². The van der Waals surface area contributed by atoms with Gasteiger partial charge in [-0.2, -0.15) is 0 Å². The second-order valence-electron chi connectivity index (χ2n) is 29.9. The van der Waals surface area contributed by atoms with Crippen LogP contribution in [0.15, 0.2) is 444 Å². The fourth-order valence-electron chi connectivity index (χ4n) is 16.3. The van der Waals surface area contributed by atoms with E-state index in [1.165, 1.54) is 163 Å². The van der Waals surface area contributed by atoms with Gasteiger partial charge in [0.1, 0.15) is 0 Å². The molecular formula is C110H75B2Br3O4. The van der Waals surface area contributed by atoms with Crippen LogP contribution in [0.25, 0.3) is 185 Å². The van der Waals surface area contributed by atoms with Crippen molar-refractivity contribution in [2.75, 3.05) is 0 Å². The molecule has 0 bridgehead atoms. The molecule has 0 saturated carbocycles. The van der Waals surface area contributed by atoms with E-state index in [-0.39, 0.29) is 0 Å². The number of halogens is 3. The number of rotatable bonds is 8. The summed E-state index contributed by atoms with van der Waals surface area (Å²) in [4.78, 5) is 0. The maximum absolute atomic E-state index is 9.22. The van der Waals surface area contributed by atoms with E-state index in [1.54, 1.807) is 18.2 Å². The lowest BCUT2D eigenvalue weighted by atomic mass is 9.77. The molecule has 0 radical (unpaired) electrons. The highest BCUT2D eigenvalue weighted by Gasteiger charge is 2.16. The van der Waals surface area contributed by atoms with E-state index in [0.717, 1.165) is 35.3 Å². The summed E-state index contributed by atoms with van der Waals surface area (Å²) in [6.45, 7) is 0. The monoisotopic (exact) mass is 1720 g/mol.